The van der Waals surface area contributed by atoms with Crippen LogP contribution in [-0.4, -0.2) is 360 Å². The van der Waals surface area contributed by atoms with Gasteiger partial charge >= 0.3 is 134 Å². The molecule has 6 atom stereocenters. The standard InChI is InChI=1S/C85H140N10O50Si5/c1-81(46-126-66(106)26-16-56(86)96,47-127-67(107)27-17-57(87)97)76(116)121-36-41-136-146(11)141-147(12,137-42-37-122-77(117)82(2,48-128-68(108)28-18-58(88)98)49-129-69(109)29-19-59(89)99)143-149(14,139-44-39-124-79(119)84(4,52-132-72(112)32-22-62(102)92-7)53-133-73(113)33-23-63(103)93-8)145-150(15,140-45-40-125-80(120)85(5,54-134-74(114)34-24-64(104)94-9)55-135-75(115)35-25-65(105)95-10)144-148(13,142-146)138-43-38-123-78(118)83(3,50-130-70(110)30-20-60(90)100)51-131-71(111)31-21-61(101)91-6/h16-55H2,1-15H3,(H2,86,96)(H2,87,97)(H2,88,98)(H2,89,99)(H2,90,100)(H,91,101)(H,92,102)(H,93,103)(H,94,104)(H,95,105)/i/hD5. The second kappa shape index (κ2) is 67.6. The molecule has 1 aliphatic rings. The number of nitrogens with one attached hydrogen (secondary N) is 5. The average Bonchev–Trinajstić information content (AvgIpc) is 0.762. The van der Waals surface area contributed by atoms with Crippen LogP contribution in [0.15, 0.2) is 0 Å². The van der Waals surface area contributed by atoms with Gasteiger partial charge in [-0.2, -0.15) is 0 Å². The Morgan fingerprint density at radius 1 is 0.200 bits per heavy atom. The van der Waals surface area contributed by atoms with Gasteiger partial charge in [0.1, 0.15) is 126 Å². The number of carbonyl (C=O) groups excluding carboxylic acids is 25. The molecule has 1 saturated heterocycles. The normalized spacial score (nSPS) is 17.8. The Kier molecular flexibility index (Phi) is 56.8. The zero-order valence-corrected chi connectivity index (χ0v) is 91.2. The summed E-state index contributed by atoms with van der Waals surface area (Å²) in [7, 11) is -20.3. The monoisotopic (exact) mass is 2250 g/mol. The zero-order valence-electron chi connectivity index (χ0n) is 91.2. The van der Waals surface area contributed by atoms with E-state index in [2.05, 4.69) is 26.6 Å². The van der Waals surface area contributed by atoms with Crippen LogP contribution in [0, 0.1) is 27.1 Å². The van der Waals surface area contributed by atoms with E-state index in [-0.39, 0.29) is 0 Å². The maximum absolute atomic E-state index is 14.6. The first-order valence-corrected chi connectivity index (χ1v) is 57.5. The highest BCUT2D eigenvalue weighted by Crippen LogP contribution is 2.36. The Bertz CT molecular complexity index is 3920. The van der Waals surface area contributed by atoms with Gasteiger partial charge in [-0.1, -0.05) is 0 Å². The van der Waals surface area contributed by atoms with Gasteiger partial charge in [-0.15, -0.1) is 0 Å². The van der Waals surface area contributed by atoms with Crippen LogP contribution in [0.1, 0.15) is 163 Å². The molecule has 1 rings (SSSR count). The van der Waals surface area contributed by atoms with Gasteiger partial charge in [0.05, 0.1) is 97.2 Å². The van der Waals surface area contributed by atoms with Crippen LogP contribution in [0.5, 0.6) is 0 Å². The third kappa shape index (κ3) is 56.9. The summed E-state index contributed by atoms with van der Waals surface area (Å²) < 4.78 is 185. The highest BCUT2D eigenvalue weighted by molar-refractivity contribution is 6.88. The lowest BCUT2D eigenvalue weighted by Crippen LogP contribution is -2.70. The van der Waals surface area contributed by atoms with Gasteiger partial charge in [-0.3, -0.25) is 120 Å². The number of amides is 10. The number of carbonyl (C=O) groups is 25. The molecular weight excluding hydrogens is 2100 g/mol. The molecule has 15 N–H and O–H groups in total. The smallest absolute Gasteiger partial charge is 0.464 e. The molecule has 850 valence electrons. The Hall–Kier alpha value is -12.6. The van der Waals surface area contributed by atoms with Gasteiger partial charge in [-0.05, 0) is 34.6 Å². The third-order valence-corrected chi connectivity index (χ3v) is 38.7. The minimum atomic E-state index is -5.36. The molecule has 60 nitrogen and oxygen atoms in total. The first-order valence-electron chi connectivity index (χ1n) is 48.9. The Labute approximate surface area is 875 Å². The van der Waals surface area contributed by atoms with Gasteiger partial charge in [0.25, 0.3) is 0 Å². The second-order valence-corrected chi connectivity index (χ2v) is 48.8. The highest BCUT2D eigenvalue weighted by atomic mass is 28.6. The molecule has 10 amide bonds. The molecule has 1 heterocycles. The fourth-order valence-electron chi connectivity index (χ4n) is 11.5. The minimum absolute atomic E-state index is 0.394. The van der Waals surface area contributed by atoms with Crippen molar-refractivity contribution in [2.45, 2.75) is 196 Å². The van der Waals surface area contributed by atoms with Crippen LogP contribution in [0.4, 0.5) is 0 Å². The molecule has 1 aliphatic heterocycles. The van der Waals surface area contributed by atoms with Crippen molar-refractivity contribution in [3.63, 3.8) is 0 Å². The van der Waals surface area contributed by atoms with Crippen molar-refractivity contribution < 1.29 is 241 Å². The summed E-state index contributed by atoms with van der Waals surface area (Å²) >= 11 is 0. The largest absolute Gasteiger partial charge is 0.483 e. The zero-order chi connectivity index (χ0) is 117. The van der Waals surface area contributed by atoms with Crippen LogP contribution in [0.2, 0.25) is 39.8 Å². The Balaban J connectivity index is 5.07. The third-order valence-electron chi connectivity index (χ3n) is 20.2. The van der Waals surface area contributed by atoms with Crippen molar-refractivity contribution in [3.05, 3.63) is 0 Å². The van der Waals surface area contributed by atoms with E-state index >= 15 is 0 Å². The summed E-state index contributed by atoms with van der Waals surface area (Å²) in [4.78, 5) is 325. The number of esters is 15. The van der Waals surface area contributed by atoms with Gasteiger partial charge < -0.3 is 169 Å². The molecule has 0 bridgehead atoms. The van der Waals surface area contributed by atoms with Crippen LogP contribution in [-0.2, 0) is 234 Å². The molecule has 0 aromatic heterocycles. The van der Waals surface area contributed by atoms with E-state index in [1.54, 1.807) is 28.6 Å². The van der Waals surface area contributed by atoms with E-state index < -0.39 is 480 Å². The fraction of sp³-hybridized carbons (Fsp3) is 0.706. The molecule has 6 unspecified atom stereocenters. The first kappa shape index (κ1) is 126. The predicted molar refractivity (Wildman–Crippen MR) is 507 cm³/mol. The van der Waals surface area contributed by atoms with Crippen LogP contribution in [0.3, 0.4) is 0 Å². The molecule has 0 aromatic rings. The molecule has 0 aliphatic carbocycles. The number of hydrogen-bond donors (Lipinski definition) is 10. The molecule has 0 saturated carbocycles. The molecular formula is C85H140N10O50Si5. The highest BCUT2D eigenvalue weighted by Gasteiger charge is 2.64. The van der Waals surface area contributed by atoms with Gasteiger partial charge in [0, 0.05) is 132 Å². The van der Waals surface area contributed by atoms with E-state index in [9.17, 15) is 120 Å². The fourth-order valence-corrected chi connectivity index (χ4v) is 32.3. The van der Waals surface area contributed by atoms with Crippen molar-refractivity contribution in [1.82, 2.24) is 26.6 Å². The summed E-state index contributed by atoms with van der Waals surface area (Å²) in [5.41, 5.74) is -3.16. The Morgan fingerprint density at radius 3 is 0.433 bits per heavy atom. The minimum Gasteiger partial charge on any atom is -0.464 e. The summed E-state index contributed by atoms with van der Waals surface area (Å²) in [6.07, 6.45) is -11.0. The maximum atomic E-state index is 14.6. The SMILES string of the molecule is [2H]NC(=O)CCC(=O)OCC(C)(COC(=O)CCC(=O)N[2H])C(=O)OCCO[Si]1(C)O[Si](C)(OCCOC(=O)C(C)(COC(=O)CCC(=O)N[2H])COC(=O)CCC(=O)N[2H])O[Si](C)(OCCOC(=O)C(C)(COC(=O)CCC(=O)NC)COC(=O)CCC(=O)NC)O[Si](C)(OCCOC(=O)C(C)(COC(=O)CCC(=O)NC)COC(=O)CCC(=O)NC)O[Si](C)(OCCOC(=O)C(C)(COC(=O)CCC(=O)N[2H])COC(=O)CCC(=O)NC)O1. The van der Waals surface area contributed by atoms with E-state index in [1.807, 2.05) is 0 Å². The molecule has 150 heavy (non-hydrogen) atoms. The number of hydrogen-bond acceptors (Lipinski definition) is 50. The van der Waals surface area contributed by atoms with Crippen LogP contribution < -0.4 is 55.2 Å². The summed E-state index contributed by atoms with van der Waals surface area (Å²) in [5.74, 6) is -25.2. The quantitative estimate of drug-likeness (QED) is 0.0118. The van der Waals surface area contributed by atoms with E-state index in [4.69, 9.17) is 121 Å². The lowest BCUT2D eigenvalue weighted by molar-refractivity contribution is -0.173. The number of nitrogens with two attached hydrogens (primary N) is 5. The number of ether oxygens (including phenoxy) is 15. The lowest BCUT2D eigenvalue weighted by atomic mass is 9.93. The van der Waals surface area contributed by atoms with Gasteiger partial charge in [0.2, 0.25) is 59.1 Å². The first-order chi connectivity index (χ1) is 72.7. The van der Waals surface area contributed by atoms with Crippen molar-refractivity contribution in [3.8, 4) is 0 Å². The van der Waals surface area contributed by atoms with Crippen LogP contribution in [0.25, 0.3) is 0 Å². The van der Waals surface area contributed by atoms with Crippen molar-refractivity contribution in [2.24, 2.45) is 55.7 Å². The molecule has 65 heteroatoms. The second-order valence-electron chi connectivity index (χ2n) is 34.6. The maximum Gasteiger partial charge on any atom is 0.483 e. The lowest BCUT2D eigenvalue weighted by Gasteiger charge is -2.46. The van der Waals surface area contributed by atoms with Crippen molar-refractivity contribution in [1.29, 1.82) is 0 Å². The van der Waals surface area contributed by atoms with E-state index in [0.29, 0.717) is 0 Å². The number of primary amides is 5. The molecule has 0 spiro atoms. The number of rotatable bonds is 75. The van der Waals surface area contributed by atoms with Gasteiger partial charge in [0.15, 0.2) is 7.06 Å². The Morgan fingerprint density at radius 2 is 0.320 bits per heavy atom. The van der Waals surface area contributed by atoms with Crippen molar-refractivity contribution >= 4 is 193 Å². The van der Waals surface area contributed by atoms with E-state index in [0.717, 1.165) is 67.4 Å². The molecule has 0 radical (unpaired) electrons. The molecule has 1 fully saturated rings. The van der Waals surface area contributed by atoms with Crippen LogP contribution >= 0.6 is 0 Å². The summed E-state index contributed by atoms with van der Waals surface area (Å²) in [6, 6.07) is 0. The topological polar surface area (TPSA) is 848 Å². The predicted octanol–water partition coefficient (Wildman–Crippen LogP) is -4.85. The van der Waals surface area contributed by atoms with E-state index in [1.165, 1.54) is 35.2 Å². The average molecular weight is 2250 g/mol. The van der Waals surface area contributed by atoms with Crippen molar-refractivity contribution in [2.75, 3.05) is 167 Å². The molecule has 0 aromatic carbocycles. The summed E-state index contributed by atoms with van der Waals surface area (Å²) in [6.45, 7) is -8.19. The van der Waals surface area contributed by atoms with Gasteiger partial charge in [-0.25, -0.2) is 0 Å². The summed E-state index contributed by atoms with van der Waals surface area (Å²) in [5, 5.41) is 11.6.